The van der Waals surface area contributed by atoms with Crippen LogP contribution in [0.2, 0.25) is 0 Å². The average Bonchev–Trinajstić information content (AvgIpc) is 2.58. The molecule has 0 saturated heterocycles. The molecule has 5 heteroatoms. The minimum atomic E-state index is -0.437. The molecule has 0 saturated carbocycles. The minimum absolute atomic E-state index is 0.0569. The van der Waals surface area contributed by atoms with Crippen molar-refractivity contribution in [2.24, 2.45) is 4.99 Å². The number of aliphatic imine (C=N–C) groups is 1. The van der Waals surface area contributed by atoms with Crippen molar-refractivity contribution in [1.29, 1.82) is 0 Å². The Morgan fingerprint density at radius 1 is 0.955 bits per heavy atom. The maximum absolute atomic E-state index is 10.5. The van der Waals surface area contributed by atoms with E-state index in [1.54, 1.807) is 30.5 Å². The lowest BCUT2D eigenvalue weighted by atomic mass is 10.2. The largest absolute Gasteiger partial charge is 0.399 e. The molecule has 0 heterocycles. The summed E-state index contributed by atoms with van der Waals surface area (Å²) in [5.41, 5.74) is 7.91. The third kappa shape index (κ3) is 6.65. The lowest BCUT2D eigenvalue weighted by Crippen LogP contribution is -1.86. The molecule has 0 atom stereocenters. The van der Waals surface area contributed by atoms with E-state index in [0.29, 0.717) is 11.4 Å². The molecule has 0 spiro atoms. The Kier molecular flexibility index (Phi) is 9.67. The number of hydrogen-bond donors (Lipinski definition) is 1. The monoisotopic (exact) mass is 301 g/mol. The summed E-state index contributed by atoms with van der Waals surface area (Å²) in [6, 6.07) is 13.3. The minimum Gasteiger partial charge on any atom is -0.399 e. The van der Waals surface area contributed by atoms with Crippen LogP contribution < -0.4 is 5.73 Å². The van der Waals surface area contributed by atoms with Crippen LogP contribution in [0, 0.1) is 10.1 Å². The fourth-order valence-corrected chi connectivity index (χ4v) is 1.39. The summed E-state index contributed by atoms with van der Waals surface area (Å²) in [7, 11) is 0. The van der Waals surface area contributed by atoms with Crippen molar-refractivity contribution in [1.82, 2.24) is 0 Å². The molecule has 0 aromatic heterocycles. The second-order valence-corrected chi connectivity index (χ2v) is 3.70. The molecule has 0 aliphatic carbocycles. The summed E-state index contributed by atoms with van der Waals surface area (Å²) < 4.78 is 0. The van der Waals surface area contributed by atoms with Crippen LogP contribution in [0.5, 0.6) is 0 Å². The number of rotatable bonds is 3. The first kappa shape index (κ1) is 19.3. The molecule has 0 amide bonds. The molecule has 0 fully saturated rings. The highest BCUT2D eigenvalue weighted by atomic mass is 16.6. The highest BCUT2D eigenvalue weighted by Crippen LogP contribution is 2.17. The van der Waals surface area contributed by atoms with Gasteiger partial charge in [-0.1, -0.05) is 39.8 Å². The predicted octanol–water partition coefficient (Wildman–Crippen LogP) is 4.98. The first-order valence-corrected chi connectivity index (χ1v) is 7.29. The number of non-ortho nitro benzene ring substituents is 1. The molecular formula is C17H23N3O2. The number of nitro benzene ring substituents is 1. The van der Waals surface area contributed by atoms with Gasteiger partial charge in [0.1, 0.15) is 0 Å². The Bertz CT molecular complexity index is 576. The van der Waals surface area contributed by atoms with Crippen LogP contribution in [-0.4, -0.2) is 11.1 Å². The predicted molar refractivity (Wildman–Crippen MR) is 93.9 cm³/mol. The highest BCUT2D eigenvalue weighted by molar-refractivity contribution is 5.82. The van der Waals surface area contributed by atoms with Gasteiger partial charge in [-0.3, -0.25) is 15.1 Å². The SMILES string of the molecule is CC.CC.Nc1ccc(C=Nc2ccc([N+](=O)[O-])cc2)cc1. The molecule has 0 aliphatic rings. The maximum Gasteiger partial charge on any atom is 0.269 e. The molecule has 2 rings (SSSR count). The van der Waals surface area contributed by atoms with Gasteiger partial charge >= 0.3 is 0 Å². The molecule has 2 aromatic rings. The quantitative estimate of drug-likeness (QED) is 0.375. The van der Waals surface area contributed by atoms with Crippen LogP contribution in [0.3, 0.4) is 0 Å². The average molecular weight is 301 g/mol. The molecule has 0 aliphatic heterocycles. The van der Waals surface area contributed by atoms with Crippen LogP contribution in [-0.2, 0) is 0 Å². The molecule has 0 radical (unpaired) electrons. The third-order valence-electron chi connectivity index (χ3n) is 2.36. The van der Waals surface area contributed by atoms with Crippen molar-refractivity contribution in [3.63, 3.8) is 0 Å². The Balaban J connectivity index is 0.00000102. The maximum atomic E-state index is 10.5. The Morgan fingerprint density at radius 2 is 1.45 bits per heavy atom. The number of anilines is 1. The van der Waals surface area contributed by atoms with Gasteiger partial charge in [-0.05, 0) is 29.8 Å². The third-order valence-corrected chi connectivity index (χ3v) is 2.36. The van der Waals surface area contributed by atoms with E-state index < -0.39 is 4.92 Å². The molecule has 0 unspecified atom stereocenters. The molecule has 0 bridgehead atoms. The zero-order valence-electron chi connectivity index (χ0n) is 13.5. The van der Waals surface area contributed by atoms with Gasteiger partial charge in [-0.15, -0.1) is 0 Å². The van der Waals surface area contributed by atoms with Crippen LogP contribution >= 0.6 is 0 Å². The standard InChI is InChI=1S/C13H11N3O2.2C2H6/c14-11-3-1-10(2-4-11)9-15-12-5-7-13(8-6-12)16(17)18;2*1-2/h1-9H,14H2;2*1-2H3. The molecule has 5 nitrogen and oxygen atoms in total. The van der Waals surface area contributed by atoms with Gasteiger partial charge in [-0.2, -0.15) is 0 Å². The Hall–Kier alpha value is -2.69. The lowest BCUT2D eigenvalue weighted by Gasteiger charge is -1.95. The van der Waals surface area contributed by atoms with E-state index >= 15 is 0 Å². The number of nitrogen functional groups attached to an aromatic ring is 1. The molecule has 2 aromatic carbocycles. The van der Waals surface area contributed by atoms with Crippen molar-refractivity contribution < 1.29 is 4.92 Å². The molecule has 118 valence electrons. The van der Waals surface area contributed by atoms with Crippen molar-refractivity contribution in [2.45, 2.75) is 27.7 Å². The van der Waals surface area contributed by atoms with Crippen molar-refractivity contribution >= 4 is 23.3 Å². The summed E-state index contributed by atoms with van der Waals surface area (Å²) >= 11 is 0. The van der Waals surface area contributed by atoms with Gasteiger partial charge < -0.3 is 5.73 Å². The number of nitro groups is 1. The van der Waals surface area contributed by atoms with Gasteiger partial charge in [0.05, 0.1) is 10.6 Å². The lowest BCUT2D eigenvalue weighted by molar-refractivity contribution is -0.384. The second-order valence-electron chi connectivity index (χ2n) is 3.70. The van der Waals surface area contributed by atoms with Gasteiger partial charge in [0, 0.05) is 24.0 Å². The van der Waals surface area contributed by atoms with Gasteiger partial charge in [0.2, 0.25) is 0 Å². The van der Waals surface area contributed by atoms with E-state index in [0.717, 1.165) is 5.56 Å². The molecular weight excluding hydrogens is 278 g/mol. The van der Waals surface area contributed by atoms with E-state index in [9.17, 15) is 10.1 Å². The van der Waals surface area contributed by atoms with E-state index in [-0.39, 0.29) is 5.69 Å². The van der Waals surface area contributed by atoms with Crippen LogP contribution in [0.25, 0.3) is 0 Å². The summed E-state index contributed by atoms with van der Waals surface area (Å²) in [5.74, 6) is 0. The summed E-state index contributed by atoms with van der Waals surface area (Å²) in [6.45, 7) is 8.00. The first-order chi connectivity index (χ1) is 10.6. The van der Waals surface area contributed by atoms with Gasteiger partial charge in [-0.25, -0.2) is 0 Å². The topological polar surface area (TPSA) is 81.5 Å². The van der Waals surface area contributed by atoms with E-state index in [1.807, 2.05) is 39.8 Å². The van der Waals surface area contributed by atoms with Crippen molar-refractivity contribution in [3.8, 4) is 0 Å². The van der Waals surface area contributed by atoms with Crippen molar-refractivity contribution in [2.75, 3.05) is 5.73 Å². The van der Waals surface area contributed by atoms with Crippen LogP contribution in [0.1, 0.15) is 33.3 Å². The zero-order valence-corrected chi connectivity index (χ0v) is 13.5. The smallest absolute Gasteiger partial charge is 0.269 e. The van der Waals surface area contributed by atoms with Crippen LogP contribution in [0.4, 0.5) is 17.1 Å². The number of nitrogens with zero attached hydrogens (tertiary/aromatic N) is 2. The van der Waals surface area contributed by atoms with E-state index in [2.05, 4.69) is 4.99 Å². The number of hydrogen-bond acceptors (Lipinski definition) is 4. The fourth-order valence-electron chi connectivity index (χ4n) is 1.39. The van der Waals surface area contributed by atoms with E-state index in [4.69, 9.17) is 5.73 Å². The normalized spacial score (nSPS) is 9.27. The molecule has 2 N–H and O–H groups in total. The van der Waals surface area contributed by atoms with Crippen LogP contribution in [0.15, 0.2) is 53.5 Å². The summed E-state index contributed by atoms with van der Waals surface area (Å²) in [4.78, 5) is 14.3. The van der Waals surface area contributed by atoms with Crippen molar-refractivity contribution in [3.05, 3.63) is 64.2 Å². The zero-order chi connectivity index (χ0) is 17.0. The van der Waals surface area contributed by atoms with E-state index in [1.165, 1.54) is 12.1 Å². The fraction of sp³-hybridized carbons (Fsp3) is 0.235. The summed E-state index contributed by atoms with van der Waals surface area (Å²) in [6.07, 6.45) is 1.68. The highest BCUT2D eigenvalue weighted by Gasteiger charge is 2.02. The van der Waals surface area contributed by atoms with Gasteiger partial charge in [0.25, 0.3) is 5.69 Å². The first-order valence-electron chi connectivity index (χ1n) is 7.29. The molecule has 22 heavy (non-hydrogen) atoms. The number of nitrogens with two attached hydrogens (primary N) is 1. The number of benzene rings is 2. The Morgan fingerprint density at radius 3 is 1.91 bits per heavy atom. The summed E-state index contributed by atoms with van der Waals surface area (Å²) in [5, 5.41) is 10.5. The van der Waals surface area contributed by atoms with Gasteiger partial charge in [0.15, 0.2) is 0 Å². The second kappa shape index (κ2) is 11.0. The Labute approximate surface area is 131 Å².